The molecule has 8 heteroatoms. The molecule has 166 valence electrons. The Hall–Kier alpha value is -2.09. The van der Waals surface area contributed by atoms with Gasteiger partial charge in [-0.1, -0.05) is 18.6 Å². The summed E-state index contributed by atoms with van der Waals surface area (Å²) in [5.74, 6) is -2.17. The lowest BCUT2D eigenvalue weighted by Gasteiger charge is -2.38. The molecule has 1 aliphatic carbocycles. The number of carbonyl (C=O) groups excluding carboxylic acids is 2. The number of anilines is 1. The zero-order valence-corrected chi connectivity index (χ0v) is 17.6. The Morgan fingerprint density at radius 1 is 1.10 bits per heavy atom. The molecule has 1 aromatic carbocycles. The highest BCUT2D eigenvalue weighted by atomic mass is 19.4. The molecule has 30 heavy (non-hydrogen) atoms. The summed E-state index contributed by atoms with van der Waals surface area (Å²) in [5, 5.41) is 2.94. The van der Waals surface area contributed by atoms with Crippen molar-refractivity contribution < 1.29 is 22.8 Å². The van der Waals surface area contributed by atoms with Gasteiger partial charge in [0.15, 0.2) is 0 Å². The maximum atomic E-state index is 13.0. The predicted octanol–water partition coefficient (Wildman–Crippen LogP) is 3.75. The summed E-state index contributed by atoms with van der Waals surface area (Å²) in [6, 6.07) is 5.76. The average Bonchev–Trinajstić information content (AvgIpc) is 2.71. The average molecular weight is 425 g/mol. The number of nitrogens with zero attached hydrogens (tertiary/aromatic N) is 2. The number of aryl methyl sites for hydroxylation is 1. The Bertz CT molecular complexity index is 773. The summed E-state index contributed by atoms with van der Waals surface area (Å²) < 4.78 is 39.1. The minimum Gasteiger partial charge on any atom is -0.340 e. The van der Waals surface area contributed by atoms with Gasteiger partial charge in [0.1, 0.15) is 0 Å². The normalized spacial score (nSPS) is 23.3. The van der Waals surface area contributed by atoms with Crippen molar-refractivity contribution in [3.8, 4) is 0 Å². The van der Waals surface area contributed by atoms with Gasteiger partial charge in [0.2, 0.25) is 11.8 Å². The van der Waals surface area contributed by atoms with Crippen LogP contribution in [0.25, 0.3) is 0 Å². The molecule has 0 radical (unpaired) electrons. The van der Waals surface area contributed by atoms with Crippen LogP contribution in [0.3, 0.4) is 0 Å². The first kappa shape index (κ1) is 22.6. The number of piperazine rings is 1. The summed E-state index contributed by atoms with van der Waals surface area (Å²) in [7, 11) is 0. The fourth-order valence-corrected chi connectivity index (χ4v) is 4.38. The number of nitrogens with one attached hydrogen (secondary N) is 1. The van der Waals surface area contributed by atoms with E-state index in [0.29, 0.717) is 39.0 Å². The minimum atomic E-state index is -4.22. The monoisotopic (exact) mass is 425 g/mol. The highest BCUT2D eigenvalue weighted by molar-refractivity contribution is 5.93. The number of hydrogen-bond donors (Lipinski definition) is 1. The van der Waals surface area contributed by atoms with Gasteiger partial charge in [0, 0.05) is 37.8 Å². The second-order valence-electron chi connectivity index (χ2n) is 8.50. The molecule has 2 atom stereocenters. The number of rotatable bonds is 4. The number of amides is 2. The third-order valence-corrected chi connectivity index (χ3v) is 6.42. The molecule has 1 heterocycles. The van der Waals surface area contributed by atoms with Crippen molar-refractivity contribution in [2.45, 2.75) is 45.7 Å². The molecule has 3 rings (SSSR count). The molecule has 5 nitrogen and oxygen atoms in total. The lowest BCUT2D eigenvalue weighted by Crippen LogP contribution is -2.52. The number of benzene rings is 1. The smallest absolute Gasteiger partial charge is 0.340 e. The van der Waals surface area contributed by atoms with Crippen LogP contribution in [0.5, 0.6) is 0 Å². The third-order valence-electron chi connectivity index (χ3n) is 6.42. The molecule has 0 unspecified atom stereocenters. The molecule has 2 aliphatic rings. The van der Waals surface area contributed by atoms with Crippen LogP contribution in [-0.4, -0.2) is 60.5 Å². The summed E-state index contributed by atoms with van der Waals surface area (Å²) in [6.07, 6.45) is -3.22. The van der Waals surface area contributed by atoms with Crippen molar-refractivity contribution in [1.82, 2.24) is 9.80 Å². The van der Waals surface area contributed by atoms with Crippen LogP contribution >= 0.6 is 0 Å². The van der Waals surface area contributed by atoms with Crippen LogP contribution < -0.4 is 5.32 Å². The van der Waals surface area contributed by atoms with Crippen molar-refractivity contribution in [2.75, 3.05) is 38.0 Å². The van der Waals surface area contributed by atoms with Crippen molar-refractivity contribution >= 4 is 17.5 Å². The maximum Gasteiger partial charge on any atom is 0.391 e. The predicted molar refractivity (Wildman–Crippen MR) is 109 cm³/mol. The molecule has 1 saturated carbocycles. The lowest BCUT2D eigenvalue weighted by molar-refractivity contribution is -0.187. The molecule has 0 bridgehead atoms. The van der Waals surface area contributed by atoms with Crippen molar-refractivity contribution in [3.05, 3.63) is 29.3 Å². The molecule has 0 spiro atoms. The maximum absolute atomic E-state index is 13.0. The summed E-state index contributed by atoms with van der Waals surface area (Å²) in [6.45, 7) is 6.16. The van der Waals surface area contributed by atoms with Crippen LogP contribution in [0.1, 0.15) is 36.8 Å². The zero-order chi connectivity index (χ0) is 21.9. The van der Waals surface area contributed by atoms with Crippen LogP contribution in [0.2, 0.25) is 0 Å². The minimum absolute atomic E-state index is 0.0964. The van der Waals surface area contributed by atoms with Crippen LogP contribution in [-0.2, 0) is 9.59 Å². The topological polar surface area (TPSA) is 52.7 Å². The summed E-state index contributed by atoms with van der Waals surface area (Å²) in [5.41, 5.74) is 2.94. The Kier molecular flexibility index (Phi) is 7.06. The molecule has 1 N–H and O–H groups in total. The van der Waals surface area contributed by atoms with Crippen molar-refractivity contribution in [3.63, 3.8) is 0 Å². The van der Waals surface area contributed by atoms with E-state index in [9.17, 15) is 22.8 Å². The number of alkyl halides is 3. The van der Waals surface area contributed by atoms with E-state index in [1.807, 2.05) is 36.9 Å². The van der Waals surface area contributed by atoms with E-state index in [1.54, 1.807) is 4.90 Å². The number of hydrogen-bond acceptors (Lipinski definition) is 3. The van der Waals surface area contributed by atoms with Gasteiger partial charge in [-0.3, -0.25) is 14.5 Å². The van der Waals surface area contributed by atoms with Crippen LogP contribution in [0, 0.1) is 25.7 Å². The van der Waals surface area contributed by atoms with E-state index in [1.165, 1.54) is 0 Å². The second kappa shape index (κ2) is 9.37. The first-order valence-electron chi connectivity index (χ1n) is 10.6. The zero-order valence-electron chi connectivity index (χ0n) is 17.6. The first-order chi connectivity index (χ1) is 14.1. The lowest BCUT2D eigenvalue weighted by atomic mass is 9.80. The highest BCUT2D eigenvalue weighted by Crippen LogP contribution is 2.40. The van der Waals surface area contributed by atoms with Gasteiger partial charge >= 0.3 is 6.18 Å². The van der Waals surface area contributed by atoms with E-state index in [4.69, 9.17) is 0 Å². The van der Waals surface area contributed by atoms with E-state index >= 15 is 0 Å². The molecular weight excluding hydrogens is 395 g/mol. The van der Waals surface area contributed by atoms with Crippen molar-refractivity contribution in [2.24, 2.45) is 11.8 Å². The quantitative estimate of drug-likeness (QED) is 0.799. The second-order valence-corrected chi connectivity index (χ2v) is 8.50. The molecule has 1 aliphatic heterocycles. The standard InChI is InChI=1S/C22H30F3N3O2/c1-15-5-3-8-19(16(15)2)26-20(29)14-27-9-11-28(12-10-27)21(30)17-6-4-7-18(13-17)22(23,24)25/h3,5,8,17-18H,4,6-7,9-14H2,1-2H3,(H,26,29)/t17-,18-/m1/s1. The molecule has 2 fully saturated rings. The SMILES string of the molecule is Cc1cccc(NC(=O)CN2CCN(C(=O)[C@@H]3CCC[C@@H](C(F)(F)F)C3)CC2)c1C. The van der Waals surface area contributed by atoms with Crippen LogP contribution in [0.15, 0.2) is 18.2 Å². The van der Waals surface area contributed by atoms with Gasteiger partial charge in [-0.2, -0.15) is 13.2 Å². The van der Waals surface area contributed by atoms with E-state index in [0.717, 1.165) is 16.8 Å². The van der Waals surface area contributed by atoms with Gasteiger partial charge in [-0.05, 0) is 50.3 Å². The Labute approximate surface area is 175 Å². The van der Waals surface area contributed by atoms with E-state index < -0.39 is 18.0 Å². The van der Waals surface area contributed by atoms with Gasteiger partial charge in [-0.15, -0.1) is 0 Å². The van der Waals surface area contributed by atoms with Crippen LogP contribution in [0.4, 0.5) is 18.9 Å². The number of halogens is 3. The summed E-state index contributed by atoms with van der Waals surface area (Å²) >= 11 is 0. The largest absolute Gasteiger partial charge is 0.391 e. The van der Waals surface area contributed by atoms with Gasteiger partial charge in [0.05, 0.1) is 12.5 Å². The molecular formula is C22H30F3N3O2. The Morgan fingerprint density at radius 3 is 2.47 bits per heavy atom. The van der Waals surface area contributed by atoms with Gasteiger partial charge in [-0.25, -0.2) is 0 Å². The van der Waals surface area contributed by atoms with Crippen molar-refractivity contribution in [1.29, 1.82) is 0 Å². The van der Waals surface area contributed by atoms with Gasteiger partial charge in [0.25, 0.3) is 0 Å². The van der Waals surface area contributed by atoms with Gasteiger partial charge < -0.3 is 10.2 Å². The third kappa shape index (κ3) is 5.53. The molecule has 1 aromatic rings. The van der Waals surface area contributed by atoms with E-state index in [-0.39, 0.29) is 31.2 Å². The molecule has 1 saturated heterocycles. The fourth-order valence-electron chi connectivity index (χ4n) is 4.38. The Morgan fingerprint density at radius 2 is 1.80 bits per heavy atom. The Balaban J connectivity index is 1.47. The molecule has 2 amide bonds. The number of carbonyl (C=O) groups is 2. The fraction of sp³-hybridized carbons (Fsp3) is 0.636. The van der Waals surface area contributed by atoms with E-state index in [2.05, 4.69) is 5.32 Å². The summed E-state index contributed by atoms with van der Waals surface area (Å²) in [4.78, 5) is 28.8. The first-order valence-corrected chi connectivity index (χ1v) is 10.6. The highest BCUT2D eigenvalue weighted by Gasteiger charge is 2.44. The molecule has 0 aromatic heterocycles.